The van der Waals surface area contributed by atoms with E-state index in [1.165, 1.54) is 37.7 Å². The number of nitrogens with zero attached hydrogens (tertiary/aromatic N) is 2. The van der Waals surface area contributed by atoms with Gasteiger partial charge in [-0.2, -0.15) is 5.10 Å². The quantitative estimate of drug-likeness (QED) is 0.838. The first kappa shape index (κ1) is 13.6. The van der Waals surface area contributed by atoms with Gasteiger partial charge in [-0.1, -0.05) is 26.7 Å². The fourth-order valence-corrected chi connectivity index (χ4v) is 3.24. The molecule has 102 valence electrons. The van der Waals surface area contributed by atoms with Crippen LogP contribution in [0.2, 0.25) is 0 Å². The van der Waals surface area contributed by atoms with E-state index in [1.54, 1.807) is 0 Å². The average Bonchev–Trinajstić information content (AvgIpc) is 2.99. The highest BCUT2D eigenvalue weighted by atomic mass is 15.2. The van der Waals surface area contributed by atoms with Gasteiger partial charge < -0.3 is 5.32 Å². The standard InChI is InChI=1S/C15H27N3/c1-4-8-16-15(14-10-17-18(3)11-14)13-7-6-12(5-2)9-13/h10-13,15-16H,4-9H2,1-3H3. The third-order valence-corrected chi connectivity index (χ3v) is 4.33. The molecule has 0 saturated heterocycles. The number of rotatable bonds is 6. The molecule has 1 heterocycles. The summed E-state index contributed by atoms with van der Waals surface area (Å²) in [6, 6.07) is 0.509. The third-order valence-electron chi connectivity index (χ3n) is 4.33. The molecule has 2 rings (SSSR count). The minimum atomic E-state index is 0.509. The Morgan fingerprint density at radius 3 is 2.83 bits per heavy atom. The summed E-state index contributed by atoms with van der Waals surface area (Å²) < 4.78 is 1.92. The second-order valence-corrected chi connectivity index (χ2v) is 5.73. The molecule has 18 heavy (non-hydrogen) atoms. The van der Waals surface area contributed by atoms with Crippen LogP contribution in [0.3, 0.4) is 0 Å². The fraction of sp³-hybridized carbons (Fsp3) is 0.800. The Kier molecular flexibility index (Phi) is 4.81. The maximum Gasteiger partial charge on any atom is 0.0537 e. The van der Waals surface area contributed by atoms with Crippen molar-refractivity contribution in [1.29, 1.82) is 0 Å². The van der Waals surface area contributed by atoms with Gasteiger partial charge in [-0.15, -0.1) is 0 Å². The van der Waals surface area contributed by atoms with E-state index in [2.05, 4.69) is 30.5 Å². The summed E-state index contributed by atoms with van der Waals surface area (Å²) in [5.41, 5.74) is 1.37. The Morgan fingerprint density at radius 2 is 2.28 bits per heavy atom. The molecule has 1 aromatic heterocycles. The van der Waals surface area contributed by atoms with Crippen LogP contribution in [0.25, 0.3) is 0 Å². The first-order valence-corrected chi connectivity index (χ1v) is 7.46. The molecule has 1 aliphatic carbocycles. The lowest BCUT2D eigenvalue weighted by Crippen LogP contribution is -2.27. The Morgan fingerprint density at radius 1 is 1.44 bits per heavy atom. The summed E-state index contributed by atoms with van der Waals surface area (Å²) in [6.07, 6.45) is 10.9. The first-order chi connectivity index (χ1) is 8.74. The van der Waals surface area contributed by atoms with E-state index in [0.29, 0.717) is 6.04 Å². The van der Waals surface area contributed by atoms with Crippen LogP contribution in [-0.4, -0.2) is 16.3 Å². The minimum Gasteiger partial charge on any atom is -0.310 e. The van der Waals surface area contributed by atoms with Crippen LogP contribution in [0.5, 0.6) is 0 Å². The second-order valence-electron chi connectivity index (χ2n) is 5.73. The zero-order valence-electron chi connectivity index (χ0n) is 12.0. The summed E-state index contributed by atoms with van der Waals surface area (Å²) >= 11 is 0. The third kappa shape index (κ3) is 3.14. The van der Waals surface area contributed by atoms with Crippen molar-refractivity contribution >= 4 is 0 Å². The van der Waals surface area contributed by atoms with Crippen molar-refractivity contribution in [3.05, 3.63) is 18.0 Å². The van der Waals surface area contributed by atoms with Crippen LogP contribution in [0, 0.1) is 11.8 Å². The molecule has 0 bridgehead atoms. The van der Waals surface area contributed by atoms with Crippen molar-refractivity contribution in [2.24, 2.45) is 18.9 Å². The van der Waals surface area contributed by atoms with Crippen molar-refractivity contribution < 1.29 is 0 Å². The highest BCUT2D eigenvalue weighted by Gasteiger charge is 2.31. The predicted octanol–water partition coefficient (Wildman–Crippen LogP) is 3.29. The largest absolute Gasteiger partial charge is 0.310 e. The van der Waals surface area contributed by atoms with Crippen molar-refractivity contribution in [2.45, 2.75) is 52.0 Å². The Balaban J connectivity index is 2.05. The molecule has 3 nitrogen and oxygen atoms in total. The lowest BCUT2D eigenvalue weighted by molar-refractivity contribution is 0.354. The molecule has 3 unspecified atom stereocenters. The summed E-state index contributed by atoms with van der Waals surface area (Å²) in [4.78, 5) is 0. The molecular formula is C15H27N3. The highest BCUT2D eigenvalue weighted by molar-refractivity contribution is 5.12. The molecule has 1 N–H and O–H groups in total. The van der Waals surface area contributed by atoms with Crippen LogP contribution in [0.4, 0.5) is 0 Å². The Bertz CT molecular complexity index is 358. The lowest BCUT2D eigenvalue weighted by Gasteiger charge is -2.24. The monoisotopic (exact) mass is 249 g/mol. The van der Waals surface area contributed by atoms with Crippen LogP contribution in [0.15, 0.2) is 12.4 Å². The number of hydrogen-bond donors (Lipinski definition) is 1. The van der Waals surface area contributed by atoms with E-state index in [-0.39, 0.29) is 0 Å². The fourth-order valence-electron chi connectivity index (χ4n) is 3.24. The van der Waals surface area contributed by atoms with Gasteiger partial charge in [-0.05, 0) is 37.6 Å². The van der Waals surface area contributed by atoms with Crippen LogP contribution in [0.1, 0.15) is 57.6 Å². The van der Waals surface area contributed by atoms with Crippen molar-refractivity contribution in [3.8, 4) is 0 Å². The molecule has 0 radical (unpaired) electrons. The van der Waals surface area contributed by atoms with Crippen LogP contribution >= 0.6 is 0 Å². The normalized spacial score (nSPS) is 25.5. The van der Waals surface area contributed by atoms with Crippen molar-refractivity contribution in [1.82, 2.24) is 15.1 Å². The summed E-state index contributed by atoms with van der Waals surface area (Å²) in [5, 5.41) is 8.07. The second kappa shape index (κ2) is 6.37. The maximum atomic E-state index is 4.33. The minimum absolute atomic E-state index is 0.509. The zero-order chi connectivity index (χ0) is 13.0. The number of aryl methyl sites for hydroxylation is 1. The van der Waals surface area contributed by atoms with Gasteiger partial charge in [0, 0.05) is 24.8 Å². The lowest BCUT2D eigenvalue weighted by atomic mass is 9.92. The number of aromatic nitrogens is 2. The van der Waals surface area contributed by atoms with Crippen LogP contribution in [-0.2, 0) is 7.05 Å². The molecule has 0 aromatic carbocycles. The molecule has 0 amide bonds. The SMILES string of the molecule is CCCNC(c1cnn(C)c1)C1CCC(CC)C1. The van der Waals surface area contributed by atoms with Gasteiger partial charge in [0.05, 0.1) is 6.20 Å². The van der Waals surface area contributed by atoms with Gasteiger partial charge in [0.1, 0.15) is 0 Å². The van der Waals surface area contributed by atoms with E-state index in [9.17, 15) is 0 Å². The molecular weight excluding hydrogens is 222 g/mol. The Labute approximate surface area is 111 Å². The summed E-state index contributed by atoms with van der Waals surface area (Å²) in [7, 11) is 2.00. The smallest absolute Gasteiger partial charge is 0.0537 e. The van der Waals surface area contributed by atoms with Gasteiger partial charge in [0.25, 0.3) is 0 Å². The average molecular weight is 249 g/mol. The van der Waals surface area contributed by atoms with Crippen LogP contribution < -0.4 is 5.32 Å². The molecule has 1 saturated carbocycles. The predicted molar refractivity (Wildman–Crippen MR) is 75.4 cm³/mol. The molecule has 1 aliphatic rings. The molecule has 1 aromatic rings. The van der Waals surface area contributed by atoms with Gasteiger partial charge in [0.2, 0.25) is 0 Å². The van der Waals surface area contributed by atoms with Gasteiger partial charge >= 0.3 is 0 Å². The van der Waals surface area contributed by atoms with E-state index >= 15 is 0 Å². The zero-order valence-corrected chi connectivity index (χ0v) is 12.0. The molecule has 0 aliphatic heterocycles. The maximum absolute atomic E-state index is 4.33. The summed E-state index contributed by atoms with van der Waals surface area (Å²) in [5.74, 6) is 1.74. The van der Waals surface area contributed by atoms with E-state index in [1.807, 2.05) is 17.9 Å². The molecule has 1 fully saturated rings. The van der Waals surface area contributed by atoms with E-state index in [0.717, 1.165) is 18.4 Å². The molecule has 3 atom stereocenters. The topological polar surface area (TPSA) is 29.9 Å². The van der Waals surface area contributed by atoms with E-state index < -0.39 is 0 Å². The Hall–Kier alpha value is -0.830. The van der Waals surface area contributed by atoms with Crippen molar-refractivity contribution in [3.63, 3.8) is 0 Å². The van der Waals surface area contributed by atoms with Crippen molar-refractivity contribution in [2.75, 3.05) is 6.54 Å². The van der Waals surface area contributed by atoms with Gasteiger partial charge in [-0.3, -0.25) is 4.68 Å². The van der Waals surface area contributed by atoms with E-state index in [4.69, 9.17) is 0 Å². The number of nitrogens with one attached hydrogen (secondary N) is 1. The highest BCUT2D eigenvalue weighted by Crippen LogP contribution is 2.40. The van der Waals surface area contributed by atoms with Gasteiger partial charge in [-0.25, -0.2) is 0 Å². The number of hydrogen-bond acceptors (Lipinski definition) is 2. The first-order valence-electron chi connectivity index (χ1n) is 7.46. The summed E-state index contributed by atoms with van der Waals surface area (Å²) in [6.45, 7) is 5.66. The molecule has 0 spiro atoms. The van der Waals surface area contributed by atoms with Gasteiger partial charge in [0.15, 0.2) is 0 Å². The molecule has 3 heteroatoms.